The maximum Gasteiger partial charge on any atom is 0.308 e. The van der Waals surface area contributed by atoms with Crippen LogP contribution in [0.25, 0.3) is 0 Å². The Bertz CT molecular complexity index is 263. The molecule has 0 saturated carbocycles. The number of carbonyl (C=O) groups excluding carboxylic acids is 1. The van der Waals surface area contributed by atoms with Gasteiger partial charge in [0.1, 0.15) is 0 Å². The van der Waals surface area contributed by atoms with E-state index in [4.69, 9.17) is 4.74 Å². The lowest BCUT2D eigenvalue weighted by atomic mass is 9.84. The third-order valence-electron chi connectivity index (χ3n) is 4.14. The van der Waals surface area contributed by atoms with Gasteiger partial charge in [0, 0.05) is 12.0 Å². The average Bonchev–Trinajstić information content (AvgIpc) is 2.35. The van der Waals surface area contributed by atoms with Crippen LogP contribution in [0.3, 0.4) is 0 Å². The van der Waals surface area contributed by atoms with E-state index < -0.39 is 0 Å². The Morgan fingerprint density at radius 1 is 1.24 bits per heavy atom. The van der Waals surface area contributed by atoms with Crippen molar-refractivity contribution in [2.75, 3.05) is 19.7 Å². The fourth-order valence-electron chi connectivity index (χ4n) is 3.13. The second-order valence-electron chi connectivity index (χ2n) is 5.79. The zero-order chi connectivity index (χ0) is 12.3. The third kappa shape index (κ3) is 3.21. The van der Waals surface area contributed by atoms with Crippen molar-refractivity contribution in [1.29, 1.82) is 0 Å². The van der Waals surface area contributed by atoms with Crippen molar-refractivity contribution in [2.45, 2.75) is 52.0 Å². The molecule has 0 N–H and O–H groups in total. The molecule has 0 aromatic carbocycles. The maximum absolute atomic E-state index is 11.5. The van der Waals surface area contributed by atoms with Crippen LogP contribution < -0.4 is 0 Å². The van der Waals surface area contributed by atoms with Crippen molar-refractivity contribution in [3.8, 4) is 0 Å². The van der Waals surface area contributed by atoms with Gasteiger partial charge in [0.25, 0.3) is 0 Å². The predicted octanol–water partition coefficient (Wildman–Crippen LogP) is 2.45. The fourth-order valence-corrected chi connectivity index (χ4v) is 3.13. The van der Waals surface area contributed by atoms with Crippen molar-refractivity contribution < 1.29 is 9.53 Å². The molecule has 3 nitrogen and oxygen atoms in total. The van der Waals surface area contributed by atoms with Gasteiger partial charge in [-0.05, 0) is 38.8 Å². The topological polar surface area (TPSA) is 29.5 Å². The first-order valence-corrected chi connectivity index (χ1v) is 7.09. The summed E-state index contributed by atoms with van der Waals surface area (Å²) in [6, 6.07) is 0.678. The zero-order valence-electron chi connectivity index (χ0n) is 11.2. The average molecular weight is 239 g/mol. The summed E-state index contributed by atoms with van der Waals surface area (Å²) in [5.41, 5.74) is 0. The quantitative estimate of drug-likeness (QED) is 0.709. The molecular formula is C14H25NO2. The van der Waals surface area contributed by atoms with Crippen molar-refractivity contribution in [3.63, 3.8) is 0 Å². The zero-order valence-corrected chi connectivity index (χ0v) is 11.2. The van der Waals surface area contributed by atoms with Gasteiger partial charge in [-0.25, -0.2) is 0 Å². The lowest BCUT2D eigenvalue weighted by molar-refractivity contribution is -0.150. The highest BCUT2D eigenvalue weighted by Crippen LogP contribution is 2.31. The van der Waals surface area contributed by atoms with Gasteiger partial charge in [-0.1, -0.05) is 20.3 Å². The van der Waals surface area contributed by atoms with Crippen LogP contribution in [-0.2, 0) is 9.53 Å². The second-order valence-corrected chi connectivity index (χ2v) is 5.79. The molecular weight excluding hydrogens is 214 g/mol. The Labute approximate surface area is 105 Å². The van der Waals surface area contributed by atoms with E-state index in [0.29, 0.717) is 18.6 Å². The number of hydrogen-bond acceptors (Lipinski definition) is 3. The molecule has 2 aliphatic rings. The van der Waals surface area contributed by atoms with E-state index in [9.17, 15) is 4.79 Å². The van der Waals surface area contributed by atoms with E-state index in [1.807, 2.05) is 13.8 Å². The van der Waals surface area contributed by atoms with Crippen LogP contribution in [0.1, 0.15) is 46.0 Å². The highest BCUT2D eigenvalue weighted by Gasteiger charge is 2.33. The van der Waals surface area contributed by atoms with Gasteiger partial charge in [0.15, 0.2) is 0 Å². The molecule has 2 heterocycles. The van der Waals surface area contributed by atoms with E-state index in [-0.39, 0.29) is 11.9 Å². The number of hydrogen-bond donors (Lipinski definition) is 0. The predicted molar refractivity (Wildman–Crippen MR) is 67.7 cm³/mol. The molecule has 0 aromatic heterocycles. The van der Waals surface area contributed by atoms with Crippen molar-refractivity contribution in [2.24, 2.45) is 11.8 Å². The largest absolute Gasteiger partial charge is 0.465 e. The number of ether oxygens (including phenoxy) is 1. The summed E-state index contributed by atoms with van der Waals surface area (Å²) in [7, 11) is 0. The van der Waals surface area contributed by atoms with Crippen LogP contribution in [0.4, 0.5) is 0 Å². The van der Waals surface area contributed by atoms with Crippen LogP contribution >= 0.6 is 0 Å². The van der Waals surface area contributed by atoms with Crippen LogP contribution in [0.2, 0.25) is 0 Å². The lowest BCUT2D eigenvalue weighted by Gasteiger charge is -2.44. The summed E-state index contributed by atoms with van der Waals surface area (Å²) in [6.45, 7) is 6.93. The molecule has 0 unspecified atom stereocenters. The monoisotopic (exact) mass is 239 g/mol. The highest BCUT2D eigenvalue weighted by molar-refractivity contribution is 5.71. The van der Waals surface area contributed by atoms with Crippen molar-refractivity contribution in [3.05, 3.63) is 0 Å². The molecule has 17 heavy (non-hydrogen) atoms. The third-order valence-corrected chi connectivity index (χ3v) is 4.14. The summed E-state index contributed by atoms with van der Waals surface area (Å²) in [5, 5.41) is 0. The number of rotatable bonds is 3. The molecule has 0 spiro atoms. The van der Waals surface area contributed by atoms with Crippen molar-refractivity contribution >= 4 is 5.97 Å². The summed E-state index contributed by atoms with van der Waals surface area (Å²) in [6.07, 6.45) is 6.47. The van der Waals surface area contributed by atoms with Gasteiger partial charge in [-0.15, -0.1) is 0 Å². The van der Waals surface area contributed by atoms with Gasteiger partial charge in [0.2, 0.25) is 0 Å². The lowest BCUT2D eigenvalue weighted by Crippen LogP contribution is -2.49. The molecule has 2 atom stereocenters. The van der Waals surface area contributed by atoms with E-state index in [0.717, 1.165) is 0 Å². The summed E-state index contributed by atoms with van der Waals surface area (Å²) >= 11 is 0. The Morgan fingerprint density at radius 2 is 2.00 bits per heavy atom. The van der Waals surface area contributed by atoms with E-state index in [1.165, 1.54) is 45.2 Å². The molecule has 0 aromatic rings. The van der Waals surface area contributed by atoms with Crippen LogP contribution in [0.15, 0.2) is 0 Å². The molecule has 0 radical (unpaired) electrons. The highest BCUT2D eigenvalue weighted by atomic mass is 16.5. The number of carbonyl (C=O) groups is 1. The number of piperidine rings is 2. The summed E-state index contributed by atoms with van der Waals surface area (Å²) in [4.78, 5) is 14.1. The van der Waals surface area contributed by atoms with Gasteiger partial charge >= 0.3 is 5.97 Å². The molecule has 0 aliphatic carbocycles. The maximum atomic E-state index is 11.5. The molecule has 98 valence electrons. The van der Waals surface area contributed by atoms with E-state index in [1.54, 1.807) is 0 Å². The van der Waals surface area contributed by atoms with Crippen LogP contribution in [0, 0.1) is 11.8 Å². The molecule has 0 amide bonds. The van der Waals surface area contributed by atoms with Gasteiger partial charge in [0.05, 0.1) is 12.5 Å². The first-order valence-electron chi connectivity index (χ1n) is 7.09. The molecule has 2 rings (SSSR count). The normalized spacial score (nSPS) is 30.1. The molecule has 2 aliphatic heterocycles. The Balaban J connectivity index is 1.84. The van der Waals surface area contributed by atoms with Crippen LogP contribution in [-0.4, -0.2) is 36.6 Å². The number of fused-ring (bicyclic) bond motifs is 1. The fraction of sp³-hybridized carbons (Fsp3) is 0.929. The van der Waals surface area contributed by atoms with Gasteiger partial charge < -0.3 is 4.74 Å². The van der Waals surface area contributed by atoms with Gasteiger partial charge in [-0.3, -0.25) is 9.69 Å². The molecule has 3 heteroatoms. The smallest absolute Gasteiger partial charge is 0.308 e. The number of esters is 1. The first-order chi connectivity index (χ1) is 8.18. The summed E-state index contributed by atoms with van der Waals surface area (Å²) < 4.78 is 5.43. The minimum absolute atomic E-state index is 0.000972. The SMILES string of the molecule is CC(C)C(=O)OC[C@H]1CCCN2CCCC[C@H]12. The molecule has 0 bridgehead atoms. The Hall–Kier alpha value is -0.570. The van der Waals surface area contributed by atoms with Gasteiger partial charge in [-0.2, -0.15) is 0 Å². The van der Waals surface area contributed by atoms with Crippen LogP contribution in [0.5, 0.6) is 0 Å². The minimum Gasteiger partial charge on any atom is -0.465 e. The summed E-state index contributed by atoms with van der Waals surface area (Å²) in [5.74, 6) is 0.533. The van der Waals surface area contributed by atoms with E-state index in [2.05, 4.69) is 4.90 Å². The Kier molecular flexibility index (Phi) is 4.43. The first kappa shape index (κ1) is 12.9. The molecule has 2 saturated heterocycles. The standard InChI is InChI=1S/C14H25NO2/c1-11(2)14(16)17-10-12-6-5-9-15-8-4-3-7-13(12)15/h11-13H,3-10H2,1-2H3/t12-,13-/m1/s1. The number of nitrogens with zero attached hydrogens (tertiary/aromatic N) is 1. The van der Waals surface area contributed by atoms with E-state index >= 15 is 0 Å². The van der Waals surface area contributed by atoms with Crippen molar-refractivity contribution in [1.82, 2.24) is 4.90 Å². The Morgan fingerprint density at radius 3 is 2.76 bits per heavy atom. The minimum atomic E-state index is -0.0436. The second kappa shape index (κ2) is 5.85. The molecule has 2 fully saturated rings.